The van der Waals surface area contributed by atoms with Crippen LogP contribution in [0.3, 0.4) is 0 Å². The lowest BCUT2D eigenvalue weighted by Crippen LogP contribution is -2.29. The number of nitrogens with two attached hydrogens (primary N) is 1. The number of nitriles is 1. The second-order valence-electron chi connectivity index (χ2n) is 8.36. The summed E-state index contributed by atoms with van der Waals surface area (Å²) in [6, 6.07) is 17.1. The Balaban J connectivity index is 1.42. The number of benzene rings is 2. The van der Waals surface area contributed by atoms with E-state index in [0.29, 0.717) is 34.8 Å². The van der Waals surface area contributed by atoms with Crippen molar-refractivity contribution in [2.75, 3.05) is 0 Å². The molecule has 0 amide bonds. The molecule has 0 unspecified atom stereocenters. The molecule has 1 aliphatic heterocycles. The zero-order valence-electron chi connectivity index (χ0n) is 18.5. The van der Waals surface area contributed by atoms with Crippen LogP contribution in [0.5, 0.6) is 5.75 Å². The number of ketones is 1. The van der Waals surface area contributed by atoms with Gasteiger partial charge >= 0.3 is 0 Å². The monoisotopic (exact) mass is 490 g/mol. The smallest absolute Gasteiger partial charge is 0.205 e. The Morgan fingerprint density at radius 3 is 2.63 bits per heavy atom. The molecule has 0 fully saturated rings. The van der Waals surface area contributed by atoms with E-state index in [0.717, 1.165) is 0 Å². The number of carbonyl (C=O) groups excluding carboxylic acids is 1. The molecule has 2 aliphatic rings. The molecule has 176 valence electrons. The fraction of sp³-hybridized carbons (Fsp3) is 0.185. The van der Waals surface area contributed by atoms with Crippen molar-refractivity contribution in [1.82, 2.24) is 0 Å². The highest BCUT2D eigenvalue weighted by atomic mass is 35.5. The fourth-order valence-electron chi connectivity index (χ4n) is 4.55. The maximum absolute atomic E-state index is 14.0. The Morgan fingerprint density at radius 2 is 1.94 bits per heavy atom. The summed E-state index contributed by atoms with van der Waals surface area (Å²) >= 11 is 6.07. The van der Waals surface area contributed by atoms with Crippen LogP contribution in [-0.4, -0.2) is 5.78 Å². The number of rotatable bonds is 5. The standard InChI is InChI=1S/C27H20ClFN2O4/c28-20-3-1-4-21(29)19(20)14-34-17-8-6-15(7-9-17)25-18(13-30)27(31)35-24-12-16(11-22(32)26(24)25)23-5-2-10-33-23/h1-10,16,25H,11-12,14,31H2/t16-,25+/m1/s1. The summed E-state index contributed by atoms with van der Waals surface area (Å²) in [4.78, 5) is 13.3. The second-order valence-corrected chi connectivity index (χ2v) is 8.77. The normalized spacial score (nSPS) is 19.7. The van der Waals surface area contributed by atoms with Crippen LogP contribution in [0.2, 0.25) is 5.02 Å². The number of halogens is 2. The molecule has 2 N–H and O–H groups in total. The third-order valence-electron chi connectivity index (χ3n) is 6.26. The predicted octanol–water partition coefficient (Wildman–Crippen LogP) is 5.86. The van der Waals surface area contributed by atoms with Crippen molar-refractivity contribution in [3.05, 3.63) is 111 Å². The molecule has 35 heavy (non-hydrogen) atoms. The Morgan fingerprint density at radius 1 is 1.14 bits per heavy atom. The third kappa shape index (κ3) is 4.29. The van der Waals surface area contributed by atoms with Gasteiger partial charge in [0.2, 0.25) is 5.88 Å². The van der Waals surface area contributed by atoms with E-state index in [4.69, 9.17) is 31.2 Å². The van der Waals surface area contributed by atoms with Gasteiger partial charge in [-0.05, 0) is 42.0 Å². The van der Waals surface area contributed by atoms with E-state index in [2.05, 4.69) is 6.07 Å². The molecule has 0 radical (unpaired) electrons. The summed E-state index contributed by atoms with van der Waals surface area (Å²) < 4.78 is 31.0. The van der Waals surface area contributed by atoms with Crippen LogP contribution in [0.15, 0.2) is 88.1 Å². The van der Waals surface area contributed by atoms with E-state index in [1.165, 1.54) is 12.1 Å². The van der Waals surface area contributed by atoms with Gasteiger partial charge in [0.1, 0.15) is 41.3 Å². The van der Waals surface area contributed by atoms with Gasteiger partial charge in [0.25, 0.3) is 0 Å². The summed E-state index contributed by atoms with van der Waals surface area (Å²) in [5.74, 6) is 0.259. The zero-order valence-corrected chi connectivity index (χ0v) is 19.2. The first-order valence-electron chi connectivity index (χ1n) is 11.0. The van der Waals surface area contributed by atoms with Crippen molar-refractivity contribution in [2.24, 2.45) is 5.73 Å². The Hall–Kier alpha value is -4.02. The van der Waals surface area contributed by atoms with Gasteiger partial charge < -0.3 is 19.6 Å². The minimum absolute atomic E-state index is 0.0151. The minimum atomic E-state index is -0.649. The first-order valence-corrected chi connectivity index (χ1v) is 11.4. The molecule has 1 aromatic heterocycles. The van der Waals surface area contributed by atoms with Gasteiger partial charge in [0.05, 0.1) is 17.2 Å². The molecular formula is C27H20ClFN2O4. The van der Waals surface area contributed by atoms with E-state index in [1.807, 2.05) is 6.07 Å². The molecule has 2 heterocycles. The van der Waals surface area contributed by atoms with E-state index < -0.39 is 11.7 Å². The molecule has 3 aromatic rings. The van der Waals surface area contributed by atoms with Gasteiger partial charge in [0.15, 0.2) is 5.78 Å². The first-order chi connectivity index (χ1) is 17.0. The van der Waals surface area contributed by atoms with Gasteiger partial charge in [-0.2, -0.15) is 5.26 Å². The summed E-state index contributed by atoms with van der Waals surface area (Å²) in [6.45, 7) is -0.0413. The van der Waals surface area contributed by atoms with Crippen molar-refractivity contribution >= 4 is 17.4 Å². The molecule has 6 nitrogen and oxygen atoms in total. The molecule has 0 bridgehead atoms. The molecule has 0 spiro atoms. The number of ether oxygens (including phenoxy) is 2. The van der Waals surface area contributed by atoms with Gasteiger partial charge in [-0.15, -0.1) is 0 Å². The molecule has 5 rings (SSSR count). The molecule has 2 atom stereocenters. The number of allylic oxidation sites excluding steroid dienone is 3. The summed E-state index contributed by atoms with van der Waals surface area (Å²) in [5, 5.41) is 10.1. The molecule has 2 aromatic carbocycles. The van der Waals surface area contributed by atoms with Gasteiger partial charge in [-0.25, -0.2) is 4.39 Å². The van der Waals surface area contributed by atoms with Gasteiger partial charge in [-0.3, -0.25) is 4.79 Å². The van der Waals surface area contributed by atoms with E-state index in [9.17, 15) is 14.4 Å². The van der Waals surface area contributed by atoms with Crippen LogP contribution in [0.1, 0.15) is 41.6 Å². The van der Waals surface area contributed by atoms with Crippen molar-refractivity contribution < 1.29 is 23.1 Å². The van der Waals surface area contributed by atoms with E-state index >= 15 is 0 Å². The maximum Gasteiger partial charge on any atom is 0.205 e. The average Bonchev–Trinajstić information content (AvgIpc) is 3.38. The Bertz CT molecular complexity index is 1370. The lowest BCUT2D eigenvalue weighted by Gasteiger charge is -2.33. The maximum atomic E-state index is 14.0. The average molecular weight is 491 g/mol. The number of hydrogen-bond acceptors (Lipinski definition) is 6. The number of hydrogen-bond donors (Lipinski definition) is 1. The zero-order chi connectivity index (χ0) is 24.5. The third-order valence-corrected chi connectivity index (χ3v) is 6.62. The van der Waals surface area contributed by atoms with Crippen molar-refractivity contribution in [3.63, 3.8) is 0 Å². The highest BCUT2D eigenvalue weighted by molar-refractivity contribution is 6.31. The van der Waals surface area contributed by atoms with Crippen molar-refractivity contribution in [2.45, 2.75) is 31.3 Å². The molecule has 8 heteroatoms. The van der Waals surface area contributed by atoms with E-state index in [-0.39, 0.29) is 46.8 Å². The lowest BCUT2D eigenvalue weighted by atomic mass is 9.74. The van der Waals surface area contributed by atoms with Crippen LogP contribution in [0.4, 0.5) is 4.39 Å². The van der Waals surface area contributed by atoms with Crippen LogP contribution >= 0.6 is 11.6 Å². The van der Waals surface area contributed by atoms with Crippen LogP contribution in [-0.2, 0) is 16.1 Å². The largest absolute Gasteiger partial charge is 0.489 e. The first kappa shape index (κ1) is 22.8. The minimum Gasteiger partial charge on any atom is -0.489 e. The topological polar surface area (TPSA) is 98.5 Å². The number of nitrogens with zero attached hydrogens (tertiary/aromatic N) is 1. The van der Waals surface area contributed by atoms with Crippen molar-refractivity contribution in [3.8, 4) is 11.8 Å². The number of carbonyl (C=O) groups is 1. The quantitative estimate of drug-likeness (QED) is 0.481. The number of Topliss-reactive ketones (excluding diaryl/α,β-unsaturated/α-hetero) is 1. The SMILES string of the molecule is N#CC1=C(N)OC2=C(C(=O)C[C@@H](c3ccco3)C2)[C@H]1c1ccc(OCc2c(F)cccc2Cl)cc1. The molecular weight excluding hydrogens is 471 g/mol. The van der Waals surface area contributed by atoms with Crippen LogP contribution < -0.4 is 10.5 Å². The lowest BCUT2D eigenvalue weighted by molar-refractivity contribution is -0.117. The predicted molar refractivity (Wildman–Crippen MR) is 126 cm³/mol. The van der Waals surface area contributed by atoms with Crippen molar-refractivity contribution in [1.29, 1.82) is 5.26 Å². The Labute approximate surface area is 206 Å². The molecule has 0 saturated carbocycles. The molecule has 1 aliphatic carbocycles. The highest BCUT2D eigenvalue weighted by Crippen LogP contribution is 2.46. The van der Waals surface area contributed by atoms with Gasteiger partial charge in [0, 0.05) is 29.9 Å². The number of furan rings is 1. The van der Waals surface area contributed by atoms with Gasteiger partial charge in [-0.1, -0.05) is 29.8 Å². The Kier molecular flexibility index (Phi) is 6.06. The second kappa shape index (κ2) is 9.32. The highest BCUT2D eigenvalue weighted by Gasteiger charge is 2.41. The summed E-state index contributed by atoms with van der Waals surface area (Å²) in [7, 11) is 0. The van der Waals surface area contributed by atoms with E-state index in [1.54, 1.807) is 42.7 Å². The summed E-state index contributed by atoms with van der Waals surface area (Å²) in [5.41, 5.74) is 7.67. The van der Waals surface area contributed by atoms with Crippen LogP contribution in [0, 0.1) is 17.1 Å². The fourth-order valence-corrected chi connectivity index (χ4v) is 4.77. The summed E-state index contributed by atoms with van der Waals surface area (Å²) in [6.07, 6.45) is 2.25. The molecule has 0 saturated heterocycles. The van der Waals surface area contributed by atoms with Crippen LogP contribution in [0.25, 0.3) is 0 Å².